The lowest BCUT2D eigenvalue weighted by atomic mass is 10.2. The number of amides is 1. The van der Waals surface area contributed by atoms with Crippen LogP contribution in [0.5, 0.6) is 5.75 Å². The lowest BCUT2D eigenvalue weighted by Gasteiger charge is -2.05. The predicted octanol–water partition coefficient (Wildman–Crippen LogP) is 2.13. The number of ether oxygens (including phenoxy) is 1. The molecular formula is C12H17NO3. The summed E-state index contributed by atoms with van der Waals surface area (Å²) in [6, 6.07) is 9.64. The van der Waals surface area contributed by atoms with E-state index in [-0.39, 0.29) is 5.91 Å². The number of carbonyl (C=O) groups is 1. The van der Waals surface area contributed by atoms with Crippen LogP contribution in [-0.4, -0.2) is 17.7 Å². The van der Waals surface area contributed by atoms with Gasteiger partial charge < -0.3 is 4.74 Å². The van der Waals surface area contributed by atoms with Gasteiger partial charge in [-0.25, -0.2) is 5.48 Å². The average Bonchev–Trinajstić information content (AvgIpc) is 2.34. The number of unbranched alkanes of at least 4 members (excludes halogenated alkanes) is 2. The number of para-hydroxylation sites is 1. The molecule has 0 aliphatic rings. The van der Waals surface area contributed by atoms with Gasteiger partial charge in [0.05, 0.1) is 6.61 Å². The molecule has 16 heavy (non-hydrogen) atoms. The summed E-state index contributed by atoms with van der Waals surface area (Å²) in [5.41, 5.74) is 1.61. The fraction of sp³-hybridized carbons (Fsp3) is 0.417. The lowest BCUT2D eigenvalue weighted by molar-refractivity contribution is -0.129. The minimum Gasteiger partial charge on any atom is -0.494 e. The van der Waals surface area contributed by atoms with E-state index in [2.05, 4.69) is 0 Å². The first-order chi connectivity index (χ1) is 7.83. The third-order valence-electron chi connectivity index (χ3n) is 2.18. The van der Waals surface area contributed by atoms with Crippen LogP contribution < -0.4 is 10.2 Å². The van der Waals surface area contributed by atoms with Gasteiger partial charge in [-0.15, -0.1) is 0 Å². The van der Waals surface area contributed by atoms with Crippen LogP contribution in [0.2, 0.25) is 0 Å². The average molecular weight is 223 g/mol. The number of benzene rings is 1. The molecule has 0 atom stereocenters. The molecule has 2 N–H and O–H groups in total. The number of nitrogens with one attached hydrogen (secondary N) is 1. The molecule has 0 fully saturated rings. The van der Waals surface area contributed by atoms with Crippen molar-refractivity contribution in [3.63, 3.8) is 0 Å². The first kappa shape index (κ1) is 12.5. The van der Waals surface area contributed by atoms with Crippen LogP contribution >= 0.6 is 0 Å². The van der Waals surface area contributed by atoms with Crippen molar-refractivity contribution in [3.8, 4) is 5.75 Å². The second kappa shape index (κ2) is 7.70. The summed E-state index contributed by atoms with van der Waals surface area (Å²) >= 11 is 0. The highest BCUT2D eigenvalue weighted by Crippen LogP contribution is 2.09. The number of hydrogen-bond donors (Lipinski definition) is 2. The quantitative estimate of drug-likeness (QED) is 0.423. The van der Waals surface area contributed by atoms with Crippen LogP contribution in [0.25, 0.3) is 0 Å². The second-order valence-corrected chi connectivity index (χ2v) is 3.51. The third kappa shape index (κ3) is 5.36. The zero-order valence-corrected chi connectivity index (χ0v) is 9.19. The van der Waals surface area contributed by atoms with E-state index < -0.39 is 0 Å². The van der Waals surface area contributed by atoms with Gasteiger partial charge in [0.25, 0.3) is 0 Å². The molecule has 0 aliphatic heterocycles. The van der Waals surface area contributed by atoms with Gasteiger partial charge in [-0.3, -0.25) is 10.0 Å². The smallest absolute Gasteiger partial charge is 0.243 e. The standard InChI is InChI=1S/C12H17NO3/c14-12(13-15)9-5-2-6-10-16-11-7-3-1-4-8-11/h1,3-4,7-8,15H,2,5-6,9-10H2,(H,13,14). The number of hydroxylamine groups is 1. The topological polar surface area (TPSA) is 58.6 Å². The Morgan fingerprint density at radius 1 is 1.19 bits per heavy atom. The molecule has 4 nitrogen and oxygen atoms in total. The van der Waals surface area contributed by atoms with Crippen molar-refractivity contribution in [2.75, 3.05) is 6.61 Å². The number of hydrogen-bond acceptors (Lipinski definition) is 3. The van der Waals surface area contributed by atoms with Crippen molar-refractivity contribution in [3.05, 3.63) is 30.3 Å². The number of rotatable bonds is 7. The highest BCUT2D eigenvalue weighted by Gasteiger charge is 1.98. The zero-order valence-electron chi connectivity index (χ0n) is 9.19. The molecule has 88 valence electrons. The molecule has 0 unspecified atom stereocenters. The van der Waals surface area contributed by atoms with Gasteiger partial charge >= 0.3 is 0 Å². The molecule has 0 saturated carbocycles. The van der Waals surface area contributed by atoms with Crippen molar-refractivity contribution in [1.29, 1.82) is 0 Å². The van der Waals surface area contributed by atoms with E-state index in [0.29, 0.717) is 13.0 Å². The van der Waals surface area contributed by atoms with Crippen LogP contribution in [0, 0.1) is 0 Å². The molecule has 0 aliphatic carbocycles. The minimum absolute atomic E-state index is 0.330. The van der Waals surface area contributed by atoms with Crippen LogP contribution in [0.3, 0.4) is 0 Å². The maximum absolute atomic E-state index is 10.7. The molecular weight excluding hydrogens is 206 g/mol. The SMILES string of the molecule is O=C(CCCCCOc1ccccc1)NO. The summed E-state index contributed by atoms with van der Waals surface area (Å²) < 4.78 is 5.49. The fourth-order valence-electron chi connectivity index (χ4n) is 1.33. The van der Waals surface area contributed by atoms with Gasteiger partial charge in [-0.2, -0.15) is 0 Å². The third-order valence-corrected chi connectivity index (χ3v) is 2.18. The molecule has 1 rings (SSSR count). The molecule has 0 aromatic heterocycles. The van der Waals surface area contributed by atoms with E-state index >= 15 is 0 Å². The summed E-state index contributed by atoms with van der Waals surface area (Å²) in [7, 11) is 0. The van der Waals surface area contributed by atoms with Gasteiger partial charge in [-0.05, 0) is 31.4 Å². The van der Waals surface area contributed by atoms with E-state index in [1.807, 2.05) is 30.3 Å². The molecule has 4 heteroatoms. The Labute approximate surface area is 95.2 Å². The first-order valence-electron chi connectivity index (χ1n) is 5.43. The van der Waals surface area contributed by atoms with Gasteiger partial charge in [0.2, 0.25) is 5.91 Å². The molecule has 0 radical (unpaired) electrons. The lowest BCUT2D eigenvalue weighted by Crippen LogP contribution is -2.17. The van der Waals surface area contributed by atoms with Crippen LogP contribution in [0.15, 0.2) is 30.3 Å². The summed E-state index contributed by atoms with van der Waals surface area (Å²) in [4.78, 5) is 10.7. The zero-order chi connectivity index (χ0) is 11.6. The van der Waals surface area contributed by atoms with Gasteiger partial charge in [0.1, 0.15) is 5.75 Å². The number of carbonyl (C=O) groups excluding carboxylic acids is 1. The van der Waals surface area contributed by atoms with Crippen molar-refractivity contribution in [1.82, 2.24) is 5.48 Å². The highest BCUT2D eigenvalue weighted by molar-refractivity contribution is 5.74. The summed E-state index contributed by atoms with van der Waals surface area (Å²) in [6.45, 7) is 0.657. The molecule has 0 bridgehead atoms. The largest absolute Gasteiger partial charge is 0.494 e. The van der Waals surface area contributed by atoms with Crippen molar-refractivity contribution in [2.45, 2.75) is 25.7 Å². The van der Waals surface area contributed by atoms with E-state index in [0.717, 1.165) is 25.0 Å². The maximum atomic E-state index is 10.7. The van der Waals surface area contributed by atoms with Crippen LogP contribution in [-0.2, 0) is 4.79 Å². The Kier molecular flexibility index (Phi) is 6.03. The molecule has 0 saturated heterocycles. The van der Waals surface area contributed by atoms with E-state index in [1.165, 1.54) is 0 Å². The Morgan fingerprint density at radius 2 is 1.94 bits per heavy atom. The maximum Gasteiger partial charge on any atom is 0.243 e. The predicted molar refractivity (Wildman–Crippen MR) is 60.3 cm³/mol. The second-order valence-electron chi connectivity index (χ2n) is 3.51. The molecule has 0 heterocycles. The van der Waals surface area contributed by atoms with Crippen LogP contribution in [0.1, 0.15) is 25.7 Å². The summed E-state index contributed by atoms with van der Waals surface area (Å²) in [5, 5.41) is 8.26. The van der Waals surface area contributed by atoms with Gasteiger partial charge in [-0.1, -0.05) is 18.2 Å². The van der Waals surface area contributed by atoms with Crippen molar-refractivity contribution >= 4 is 5.91 Å². The van der Waals surface area contributed by atoms with Gasteiger partial charge in [0, 0.05) is 6.42 Å². The van der Waals surface area contributed by atoms with Crippen molar-refractivity contribution < 1.29 is 14.7 Å². The van der Waals surface area contributed by atoms with E-state index in [1.54, 1.807) is 5.48 Å². The van der Waals surface area contributed by atoms with E-state index in [9.17, 15) is 4.79 Å². The Balaban J connectivity index is 1.98. The Hall–Kier alpha value is -1.55. The monoisotopic (exact) mass is 223 g/mol. The Bertz CT molecular complexity index is 300. The van der Waals surface area contributed by atoms with Crippen molar-refractivity contribution in [2.24, 2.45) is 0 Å². The summed E-state index contributed by atoms with van der Waals surface area (Å²) in [5.74, 6) is 0.541. The first-order valence-corrected chi connectivity index (χ1v) is 5.43. The molecule has 1 aromatic rings. The molecule has 1 amide bonds. The minimum atomic E-state index is -0.330. The highest BCUT2D eigenvalue weighted by atomic mass is 16.5. The van der Waals surface area contributed by atoms with E-state index in [4.69, 9.17) is 9.94 Å². The Morgan fingerprint density at radius 3 is 2.62 bits per heavy atom. The molecule has 1 aromatic carbocycles. The van der Waals surface area contributed by atoms with Gasteiger partial charge in [0.15, 0.2) is 0 Å². The molecule has 0 spiro atoms. The normalized spacial score (nSPS) is 9.81. The summed E-state index contributed by atoms with van der Waals surface area (Å²) in [6.07, 6.45) is 2.96. The van der Waals surface area contributed by atoms with Crippen LogP contribution in [0.4, 0.5) is 0 Å². The fourth-order valence-corrected chi connectivity index (χ4v) is 1.33.